The number of hydrogen-bond donors (Lipinski definition) is 2. The summed E-state index contributed by atoms with van der Waals surface area (Å²) in [6.45, 7) is 3.55. The van der Waals surface area contributed by atoms with Crippen LogP contribution in [0.5, 0.6) is 0 Å². The van der Waals surface area contributed by atoms with E-state index in [2.05, 4.69) is 12.2 Å². The number of rotatable bonds is 3. The van der Waals surface area contributed by atoms with Gasteiger partial charge in [0.15, 0.2) is 0 Å². The van der Waals surface area contributed by atoms with Crippen molar-refractivity contribution in [3.05, 3.63) is 12.3 Å². The zero-order chi connectivity index (χ0) is 9.73. The van der Waals surface area contributed by atoms with E-state index in [1.54, 1.807) is 0 Å². The summed E-state index contributed by atoms with van der Waals surface area (Å²) in [4.78, 5) is 10.2. The van der Waals surface area contributed by atoms with Gasteiger partial charge < -0.3 is 15.2 Å². The Labute approximate surface area is 77.6 Å². The van der Waals surface area contributed by atoms with Crippen molar-refractivity contribution in [3.63, 3.8) is 0 Å². The topological polar surface area (TPSA) is 58.6 Å². The number of nitrogens with one attached hydrogen (secondary N) is 1. The third kappa shape index (κ3) is 3.46. The van der Waals surface area contributed by atoms with Crippen LogP contribution in [0.4, 0.5) is 0 Å². The van der Waals surface area contributed by atoms with Crippen LogP contribution in [0, 0.1) is 0 Å². The standard InChI is InChI=1S/C9H15NO3/c1-9(3-6-13-7-4-9)10-5-2-8(11)12/h2,5,10H,3-4,6-7H2,1H3,(H,11,12)/b5-2+. The van der Waals surface area contributed by atoms with Crippen molar-refractivity contribution < 1.29 is 14.6 Å². The summed E-state index contributed by atoms with van der Waals surface area (Å²) >= 11 is 0. The van der Waals surface area contributed by atoms with Gasteiger partial charge in [0, 0.05) is 31.0 Å². The Balaban J connectivity index is 2.37. The highest BCUT2D eigenvalue weighted by Crippen LogP contribution is 2.19. The van der Waals surface area contributed by atoms with Crippen molar-refractivity contribution in [1.82, 2.24) is 5.32 Å². The van der Waals surface area contributed by atoms with Crippen LogP contribution in [-0.2, 0) is 9.53 Å². The Morgan fingerprint density at radius 2 is 2.15 bits per heavy atom. The summed E-state index contributed by atoms with van der Waals surface area (Å²) < 4.78 is 5.21. The molecule has 1 rings (SSSR count). The van der Waals surface area contributed by atoms with Gasteiger partial charge in [0.25, 0.3) is 0 Å². The van der Waals surface area contributed by atoms with Crippen LogP contribution >= 0.6 is 0 Å². The molecule has 0 aliphatic carbocycles. The lowest BCUT2D eigenvalue weighted by atomic mass is 9.93. The molecule has 0 aromatic carbocycles. The average molecular weight is 185 g/mol. The highest BCUT2D eigenvalue weighted by atomic mass is 16.5. The normalized spacial score (nSPS) is 21.6. The van der Waals surface area contributed by atoms with Gasteiger partial charge in [0.1, 0.15) is 0 Å². The van der Waals surface area contributed by atoms with Crippen molar-refractivity contribution in [2.75, 3.05) is 13.2 Å². The van der Waals surface area contributed by atoms with Crippen LogP contribution in [0.25, 0.3) is 0 Å². The smallest absolute Gasteiger partial charge is 0.329 e. The maximum atomic E-state index is 10.2. The van der Waals surface area contributed by atoms with E-state index in [0.717, 1.165) is 32.1 Å². The van der Waals surface area contributed by atoms with E-state index in [1.165, 1.54) is 6.20 Å². The molecule has 4 heteroatoms. The monoisotopic (exact) mass is 185 g/mol. The fourth-order valence-corrected chi connectivity index (χ4v) is 1.28. The first-order valence-corrected chi connectivity index (χ1v) is 4.37. The average Bonchev–Trinajstić information content (AvgIpc) is 2.04. The van der Waals surface area contributed by atoms with Crippen LogP contribution < -0.4 is 5.32 Å². The molecule has 0 radical (unpaired) electrons. The molecule has 1 fully saturated rings. The van der Waals surface area contributed by atoms with E-state index in [4.69, 9.17) is 9.84 Å². The summed E-state index contributed by atoms with van der Waals surface area (Å²) in [5.41, 5.74) is -0.00972. The maximum absolute atomic E-state index is 10.2. The van der Waals surface area contributed by atoms with Gasteiger partial charge in [0.05, 0.1) is 0 Å². The molecule has 2 N–H and O–H groups in total. The summed E-state index contributed by atoms with van der Waals surface area (Å²) in [7, 11) is 0. The lowest BCUT2D eigenvalue weighted by Crippen LogP contribution is -2.44. The molecule has 0 amide bonds. The Morgan fingerprint density at radius 1 is 1.54 bits per heavy atom. The Morgan fingerprint density at radius 3 is 2.69 bits per heavy atom. The Kier molecular flexibility index (Phi) is 3.31. The molecular weight excluding hydrogens is 170 g/mol. The lowest BCUT2D eigenvalue weighted by Gasteiger charge is -2.33. The molecule has 1 saturated heterocycles. The van der Waals surface area contributed by atoms with E-state index in [-0.39, 0.29) is 5.54 Å². The first-order chi connectivity index (χ1) is 6.12. The van der Waals surface area contributed by atoms with Crippen molar-refractivity contribution in [1.29, 1.82) is 0 Å². The highest BCUT2D eigenvalue weighted by Gasteiger charge is 2.25. The van der Waals surface area contributed by atoms with Gasteiger partial charge in [-0.15, -0.1) is 0 Å². The third-order valence-corrected chi connectivity index (χ3v) is 2.25. The van der Waals surface area contributed by atoms with E-state index in [1.807, 2.05) is 0 Å². The number of carboxylic acids is 1. The van der Waals surface area contributed by atoms with Crippen molar-refractivity contribution in [2.45, 2.75) is 25.3 Å². The molecule has 0 saturated carbocycles. The summed E-state index contributed by atoms with van der Waals surface area (Å²) in [6, 6.07) is 0. The van der Waals surface area contributed by atoms with Crippen LogP contribution in [0.1, 0.15) is 19.8 Å². The predicted molar refractivity (Wildman–Crippen MR) is 48.4 cm³/mol. The summed E-state index contributed by atoms with van der Waals surface area (Å²) in [6.07, 6.45) is 4.43. The maximum Gasteiger partial charge on any atom is 0.329 e. The minimum Gasteiger partial charge on any atom is -0.478 e. The van der Waals surface area contributed by atoms with Gasteiger partial charge in [-0.2, -0.15) is 0 Å². The number of carbonyl (C=O) groups is 1. The molecule has 0 unspecified atom stereocenters. The molecule has 0 atom stereocenters. The number of carboxylic acid groups (broad SMARTS) is 1. The Hall–Kier alpha value is -1.03. The molecule has 0 aromatic heterocycles. The van der Waals surface area contributed by atoms with Crippen molar-refractivity contribution >= 4 is 5.97 Å². The summed E-state index contributed by atoms with van der Waals surface area (Å²) in [5.74, 6) is -0.928. The van der Waals surface area contributed by atoms with Crippen molar-refractivity contribution in [2.24, 2.45) is 0 Å². The minimum absolute atomic E-state index is 0.00972. The van der Waals surface area contributed by atoms with Crippen LogP contribution in [0.3, 0.4) is 0 Å². The zero-order valence-corrected chi connectivity index (χ0v) is 7.75. The van der Waals surface area contributed by atoms with E-state index < -0.39 is 5.97 Å². The minimum atomic E-state index is -0.928. The molecule has 1 heterocycles. The molecule has 74 valence electrons. The van der Waals surface area contributed by atoms with Gasteiger partial charge >= 0.3 is 5.97 Å². The van der Waals surface area contributed by atoms with Gasteiger partial charge in [0.2, 0.25) is 0 Å². The second-order valence-corrected chi connectivity index (χ2v) is 3.49. The molecule has 0 spiro atoms. The van der Waals surface area contributed by atoms with Crippen LogP contribution in [-0.4, -0.2) is 29.8 Å². The largest absolute Gasteiger partial charge is 0.478 e. The second kappa shape index (κ2) is 4.28. The van der Waals surface area contributed by atoms with E-state index in [9.17, 15) is 4.79 Å². The van der Waals surface area contributed by atoms with Gasteiger partial charge in [-0.25, -0.2) is 4.79 Å². The quantitative estimate of drug-likeness (QED) is 0.637. The first kappa shape index (κ1) is 10.1. The molecule has 1 aliphatic heterocycles. The molecule has 13 heavy (non-hydrogen) atoms. The lowest BCUT2D eigenvalue weighted by molar-refractivity contribution is -0.131. The second-order valence-electron chi connectivity index (χ2n) is 3.49. The zero-order valence-electron chi connectivity index (χ0n) is 7.75. The van der Waals surface area contributed by atoms with Gasteiger partial charge in [-0.05, 0) is 19.8 Å². The number of aliphatic carboxylic acids is 1. The van der Waals surface area contributed by atoms with Crippen LogP contribution in [0.15, 0.2) is 12.3 Å². The third-order valence-electron chi connectivity index (χ3n) is 2.25. The fraction of sp³-hybridized carbons (Fsp3) is 0.667. The molecule has 0 aromatic rings. The number of ether oxygens (including phenoxy) is 1. The molecule has 1 aliphatic rings. The Bertz CT molecular complexity index is 207. The predicted octanol–water partition coefficient (Wildman–Crippen LogP) is 0.743. The van der Waals surface area contributed by atoms with Gasteiger partial charge in [-0.3, -0.25) is 0 Å². The molecule has 4 nitrogen and oxygen atoms in total. The van der Waals surface area contributed by atoms with Gasteiger partial charge in [-0.1, -0.05) is 0 Å². The number of hydrogen-bond acceptors (Lipinski definition) is 3. The van der Waals surface area contributed by atoms with E-state index >= 15 is 0 Å². The highest BCUT2D eigenvalue weighted by molar-refractivity contribution is 5.79. The van der Waals surface area contributed by atoms with E-state index in [0.29, 0.717) is 0 Å². The SMILES string of the molecule is CC1(N/C=C/C(=O)O)CCOCC1. The van der Waals surface area contributed by atoms with Crippen molar-refractivity contribution in [3.8, 4) is 0 Å². The molecule has 0 bridgehead atoms. The summed E-state index contributed by atoms with van der Waals surface area (Å²) in [5, 5.41) is 11.5. The molecular formula is C9H15NO3. The first-order valence-electron chi connectivity index (χ1n) is 4.37. The van der Waals surface area contributed by atoms with Crippen LogP contribution in [0.2, 0.25) is 0 Å². The fourth-order valence-electron chi connectivity index (χ4n) is 1.28.